The van der Waals surface area contributed by atoms with Crippen molar-refractivity contribution in [1.29, 1.82) is 0 Å². The van der Waals surface area contributed by atoms with Crippen LogP contribution in [0.4, 0.5) is 0 Å². The van der Waals surface area contributed by atoms with Gasteiger partial charge in [-0.25, -0.2) is 0 Å². The van der Waals surface area contributed by atoms with E-state index in [0.717, 1.165) is 30.4 Å². The Morgan fingerprint density at radius 2 is 1.43 bits per heavy atom. The van der Waals surface area contributed by atoms with Gasteiger partial charge in [0.1, 0.15) is 0 Å². The first-order valence-corrected chi connectivity index (χ1v) is 12.2. The lowest BCUT2D eigenvalue weighted by Gasteiger charge is -2.39. The van der Waals surface area contributed by atoms with Crippen LogP contribution in [0.1, 0.15) is 17.3 Å². The van der Waals surface area contributed by atoms with Gasteiger partial charge >= 0.3 is 0 Å². The minimum absolute atomic E-state index is 0.153. The Labute approximate surface area is 190 Å². The molecule has 30 heavy (non-hydrogen) atoms. The van der Waals surface area contributed by atoms with Gasteiger partial charge in [0.25, 0.3) is 0 Å². The topological polar surface area (TPSA) is 59.1 Å². The van der Waals surface area contributed by atoms with E-state index in [1.165, 1.54) is 6.92 Å². The molecule has 0 saturated carbocycles. The second-order valence-electron chi connectivity index (χ2n) is 7.34. The lowest BCUT2D eigenvalue weighted by Crippen LogP contribution is -2.52. The molecule has 2 atom stereocenters. The first kappa shape index (κ1) is 22.3. The molecular formula is C21H25ClN2O4S2. The molecule has 3 saturated heterocycles. The number of carbonyl (C=O) groups is 2. The number of rotatable bonds is 5. The summed E-state index contributed by atoms with van der Waals surface area (Å²) in [5, 5.41) is 0.671. The van der Waals surface area contributed by atoms with Crippen molar-refractivity contribution in [2.45, 2.75) is 17.7 Å². The zero-order chi connectivity index (χ0) is 21.1. The van der Waals surface area contributed by atoms with Crippen molar-refractivity contribution in [2.24, 2.45) is 0 Å². The standard InChI is InChI=1S/C21H25ClN2O4S2/c1-14(25)17(18(26)15-4-2-3-5-16(15)22)21-29-19(23-6-10-27-11-7-23)20(30-21)24-8-12-28-13-9-24/h2-5,19-20H,6-13H2,1H3. The zero-order valence-electron chi connectivity index (χ0n) is 16.8. The number of ether oxygens (including phenoxy) is 2. The first-order chi connectivity index (χ1) is 14.6. The number of thioether (sulfide) groups is 2. The second kappa shape index (κ2) is 10.2. The van der Waals surface area contributed by atoms with Crippen LogP contribution in [-0.2, 0) is 14.3 Å². The van der Waals surface area contributed by atoms with Crippen molar-refractivity contribution in [3.63, 3.8) is 0 Å². The van der Waals surface area contributed by atoms with E-state index in [4.69, 9.17) is 21.1 Å². The Hall–Kier alpha value is -0.870. The van der Waals surface area contributed by atoms with Gasteiger partial charge in [-0.1, -0.05) is 47.3 Å². The Morgan fingerprint density at radius 3 is 1.90 bits per heavy atom. The van der Waals surface area contributed by atoms with Crippen molar-refractivity contribution in [3.8, 4) is 0 Å². The van der Waals surface area contributed by atoms with Gasteiger partial charge in [0.15, 0.2) is 11.6 Å². The number of allylic oxidation sites excluding steroid dienone is 1. The van der Waals surface area contributed by atoms with Crippen molar-refractivity contribution in [3.05, 3.63) is 44.7 Å². The lowest BCUT2D eigenvalue weighted by atomic mass is 10.0. The van der Waals surface area contributed by atoms with Crippen LogP contribution < -0.4 is 0 Å². The van der Waals surface area contributed by atoms with E-state index in [1.807, 2.05) is 0 Å². The smallest absolute Gasteiger partial charge is 0.199 e. The minimum Gasteiger partial charge on any atom is -0.379 e. The maximum Gasteiger partial charge on any atom is 0.199 e. The molecule has 0 N–H and O–H groups in total. The molecule has 0 spiro atoms. The summed E-state index contributed by atoms with van der Waals surface area (Å²) >= 11 is 9.52. The number of Topliss-reactive ketones (excluding diaryl/α,β-unsaturated/α-hetero) is 2. The highest BCUT2D eigenvalue weighted by atomic mass is 35.5. The van der Waals surface area contributed by atoms with Crippen LogP contribution in [0.15, 0.2) is 34.1 Å². The van der Waals surface area contributed by atoms with Gasteiger partial charge < -0.3 is 9.47 Å². The lowest BCUT2D eigenvalue weighted by molar-refractivity contribution is -0.113. The van der Waals surface area contributed by atoms with Gasteiger partial charge in [-0.15, -0.1) is 0 Å². The summed E-state index contributed by atoms with van der Waals surface area (Å²) in [7, 11) is 0. The molecule has 1 aromatic rings. The molecular weight excluding hydrogens is 444 g/mol. The fourth-order valence-corrected chi connectivity index (χ4v) is 7.64. The van der Waals surface area contributed by atoms with Crippen LogP contribution in [0, 0.1) is 0 Å². The largest absolute Gasteiger partial charge is 0.379 e. The molecule has 9 heteroatoms. The van der Waals surface area contributed by atoms with Crippen molar-refractivity contribution < 1.29 is 19.1 Å². The van der Waals surface area contributed by atoms with E-state index in [-0.39, 0.29) is 27.9 Å². The average molecular weight is 469 g/mol. The normalized spacial score (nSPS) is 26.0. The van der Waals surface area contributed by atoms with Gasteiger partial charge in [0, 0.05) is 31.7 Å². The number of nitrogens with zero attached hydrogens (tertiary/aromatic N) is 2. The molecule has 1 aromatic carbocycles. The fourth-order valence-electron chi connectivity index (χ4n) is 3.83. The molecule has 0 radical (unpaired) electrons. The van der Waals surface area contributed by atoms with Crippen molar-refractivity contribution in [2.75, 3.05) is 52.6 Å². The highest BCUT2D eigenvalue weighted by Gasteiger charge is 2.43. The molecule has 0 amide bonds. The molecule has 3 aliphatic rings. The molecule has 0 bridgehead atoms. The highest BCUT2D eigenvalue weighted by molar-refractivity contribution is 8.26. The quantitative estimate of drug-likeness (QED) is 0.283. The van der Waals surface area contributed by atoms with Crippen molar-refractivity contribution >= 4 is 46.7 Å². The summed E-state index contributed by atoms with van der Waals surface area (Å²) in [5.74, 6) is -0.523. The number of morpholine rings is 2. The molecule has 2 unspecified atom stereocenters. The molecule has 3 heterocycles. The second-order valence-corrected chi connectivity index (χ2v) is 10.3. The summed E-state index contributed by atoms with van der Waals surface area (Å²) in [6, 6.07) is 6.90. The third-order valence-electron chi connectivity index (χ3n) is 5.41. The molecule has 6 nitrogen and oxygen atoms in total. The predicted molar refractivity (Wildman–Crippen MR) is 121 cm³/mol. The molecule has 3 fully saturated rings. The van der Waals surface area contributed by atoms with Gasteiger partial charge in [-0.2, -0.15) is 0 Å². The van der Waals surface area contributed by atoms with E-state index in [0.29, 0.717) is 37.0 Å². The van der Waals surface area contributed by atoms with Crippen LogP contribution in [-0.4, -0.2) is 84.7 Å². The van der Waals surface area contributed by atoms with E-state index in [9.17, 15) is 9.59 Å². The maximum atomic E-state index is 13.3. The molecule has 162 valence electrons. The minimum atomic E-state index is -0.300. The molecule has 3 aliphatic heterocycles. The maximum absolute atomic E-state index is 13.3. The van der Waals surface area contributed by atoms with Gasteiger partial charge in [-0.05, 0) is 19.1 Å². The summed E-state index contributed by atoms with van der Waals surface area (Å²) in [5.41, 5.74) is 0.614. The molecule has 0 aromatic heterocycles. The number of hydrogen-bond donors (Lipinski definition) is 0. The van der Waals surface area contributed by atoms with Crippen molar-refractivity contribution in [1.82, 2.24) is 9.80 Å². The van der Waals surface area contributed by atoms with E-state index in [2.05, 4.69) is 9.80 Å². The Balaban J connectivity index is 1.68. The average Bonchev–Trinajstić information content (AvgIpc) is 3.20. The Bertz CT molecular complexity index is 810. The van der Waals surface area contributed by atoms with Crippen LogP contribution >= 0.6 is 35.1 Å². The van der Waals surface area contributed by atoms with Gasteiger partial charge in [0.05, 0.1) is 52.0 Å². The molecule has 4 rings (SSSR count). The Morgan fingerprint density at radius 1 is 0.933 bits per heavy atom. The van der Waals surface area contributed by atoms with E-state index in [1.54, 1.807) is 47.8 Å². The number of ketones is 2. The number of carbonyl (C=O) groups excluding carboxylic acids is 2. The SMILES string of the molecule is CC(=O)C(C(=O)c1ccccc1Cl)=C1SC(N2CCOCC2)C(N2CCOCC2)S1. The summed E-state index contributed by atoms with van der Waals surface area (Å²) in [6.07, 6.45) is 0. The first-order valence-electron chi connectivity index (χ1n) is 10.1. The number of halogens is 1. The van der Waals surface area contributed by atoms with Crippen LogP contribution in [0.25, 0.3) is 0 Å². The zero-order valence-corrected chi connectivity index (χ0v) is 19.2. The van der Waals surface area contributed by atoms with Crippen LogP contribution in [0.5, 0.6) is 0 Å². The highest BCUT2D eigenvalue weighted by Crippen LogP contribution is 2.51. The van der Waals surface area contributed by atoms with Crippen LogP contribution in [0.2, 0.25) is 5.02 Å². The third kappa shape index (κ3) is 4.80. The van der Waals surface area contributed by atoms with Crippen LogP contribution in [0.3, 0.4) is 0 Å². The van der Waals surface area contributed by atoms with E-state index >= 15 is 0 Å². The predicted octanol–water partition coefficient (Wildman–Crippen LogP) is 3.12. The molecule has 0 aliphatic carbocycles. The summed E-state index contributed by atoms with van der Waals surface area (Å²) in [6.45, 7) is 7.66. The Kier molecular flexibility index (Phi) is 7.57. The van der Waals surface area contributed by atoms with Gasteiger partial charge in [-0.3, -0.25) is 19.4 Å². The third-order valence-corrected chi connectivity index (χ3v) is 8.92. The number of benzene rings is 1. The number of hydrogen-bond acceptors (Lipinski definition) is 8. The summed E-state index contributed by atoms with van der Waals surface area (Å²) < 4.78 is 11.9. The monoisotopic (exact) mass is 468 g/mol. The van der Waals surface area contributed by atoms with E-state index < -0.39 is 0 Å². The van der Waals surface area contributed by atoms with Gasteiger partial charge in [0.2, 0.25) is 0 Å². The fraction of sp³-hybridized carbons (Fsp3) is 0.524. The summed E-state index contributed by atoms with van der Waals surface area (Å²) in [4.78, 5) is 30.7.